The van der Waals surface area contributed by atoms with Crippen LogP contribution < -0.4 is 19.1 Å². The highest BCUT2D eigenvalue weighted by Gasteiger charge is 2.25. The van der Waals surface area contributed by atoms with Gasteiger partial charge >= 0.3 is 0 Å². The fourth-order valence-electron chi connectivity index (χ4n) is 3.63. The summed E-state index contributed by atoms with van der Waals surface area (Å²) in [5.41, 5.74) is 3.39. The lowest BCUT2D eigenvalue weighted by atomic mass is 10.2. The van der Waals surface area contributed by atoms with Gasteiger partial charge in [0, 0.05) is 19.5 Å². The average Bonchev–Trinajstić information content (AvgIpc) is 2.84. The van der Waals surface area contributed by atoms with E-state index < -0.39 is 10.0 Å². The van der Waals surface area contributed by atoms with Gasteiger partial charge in [-0.3, -0.25) is 9.10 Å². The molecular weight excluding hydrogens is 452 g/mol. The molecule has 0 spiro atoms. The van der Waals surface area contributed by atoms with Gasteiger partial charge in [-0.05, 0) is 55.8 Å². The van der Waals surface area contributed by atoms with Crippen molar-refractivity contribution in [3.05, 3.63) is 83.4 Å². The number of sulfonamides is 1. The lowest BCUT2D eigenvalue weighted by Gasteiger charge is -2.24. The summed E-state index contributed by atoms with van der Waals surface area (Å²) in [5, 5.41) is 2.86. The Balaban J connectivity index is 1.45. The Labute approximate surface area is 200 Å². The lowest BCUT2D eigenvalue weighted by molar-refractivity contribution is -0.121. The van der Waals surface area contributed by atoms with E-state index in [-0.39, 0.29) is 23.8 Å². The van der Waals surface area contributed by atoms with Crippen molar-refractivity contribution in [1.82, 2.24) is 5.32 Å². The smallest absolute Gasteiger partial charge is 0.264 e. The molecule has 3 aromatic carbocycles. The van der Waals surface area contributed by atoms with E-state index in [1.807, 2.05) is 44.2 Å². The van der Waals surface area contributed by atoms with E-state index >= 15 is 0 Å². The Hall–Kier alpha value is -3.52. The van der Waals surface area contributed by atoms with Crippen LogP contribution in [0.25, 0.3) is 0 Å². The van der Waals surface area contributed by atoms with Crippen LogP contribution in [0.5, 0.6) is 11.5 Å². The van der Waals surface area contributed by atoms with Gasteiger partial charge in [-0.15, -0.1) is 0 Å². The molecule has 0 atom stereocenters. The maximum absolute atomic E-state index is 13.4. The molecule has 0 radical (unpaired) electrons. The number of nitrogens with one attached hydrogen (secondary N) is 1. The van der Waals surface area contributed by atoms with Gasteiger partial charge in [0.2, 0.25) is 5.91 Å². The first-order valence-electron chi connectivity index (χ1n) is 11.1. The number of benzene rings is 3. The number of nitrogens with zero attached hydrogens (tertiary/aromatic N) is 1. The van der Waals surface area contributed by atoms with E-state index in [1.54, 1.807) is 36.4 Å². The summed E-state index contributed by atoms with van der Waals surface area (Å²) < 4.78 is 39.2. The summed E-state index contributed by atoms with van der Waals surface area (Å²) in [6.45, 7) is 5.18. The minimum atomic E-state index is -3.83. The summed E-state index contributed by atoms with van der Waals surface area (Å²) in [7, 11) is -3.83. The molecule has 1 aliphatic rings. The Morgan fingerprint density at radius 2 is 1.50 bits per heavy atom. The average molecular weight is 481 g/mol. The van der Waals surface area contributed by atoms with Crippen LogP contribution in [0, 0.1) is 13.8 Å². The molecule has 7 nitrogen and oxygen atoms in total. The van der Waals surface area contributed by atoms with Crippen LogP contribution in [0.4, 0.5) is 5.69 Å². The third-order valence-corrected chi connectivity index (χ3v) is 7.41. The van der Waals surface area contributed by atoms with E-state index in [1.165, 1.54) is 4.31 Å². The van der Waals surface area contributed by atoms with Crippen LogP contribution in [-0.2, 0) is 21.4 Å². The number of anilines is 1. The third-order valence-electron chi connectivity index (χ3n) is 5.57. The molecule has 178 valence electrons. The van der Waals surface area contributed by atoms with E-state index in [2.05, 4.69) is 5.32 Å². The molecule has 1 N–H and O–H groups in total. The highest BCUT2D eigenvalue weighted by atomic mass is 32.2. The monoisotopic (exact) mass is 480 g/mol. The number of fused-ring (bicyclic) bond motifs is 1. The molecule has 0 aromatic heterocycles. The molecule has 1 heterocycles. The summed E-state index contributed by atoms with van der Waals surface area (Å²) in [6, 6.07) is 19.5. The second-order valence-corrected chi connectivity index (χ2v) is 10.1. The summed E-state index contributed by atoms with van der Waals surface area (Å²) in [6.07, 6.45) is 0.0174. The molecular formula is C26H28N2O5S. The molecule has 1 aliphatic heterocycles. The molecule has 0 saturated heterocycles. The number of ether oxygens (including phenoxy) is 2. The van der Waals surface area contributed by atoms with Crippen molar-refractivity contribution in [2.75, 3.05) is 24.1 Å². The van der Waals surface area contributed by atoms with Crippen molar-refractivity contribution in [3.8, 4) is 11.5 Å². The first-order chi connectivity index (χ1) is 16.3. The van der Waals surface area contributed by atoms with Crippen molar-refractivity contribution in [2.24, 2.45) is 0 Å². The molecule has 0 saturated carbocycles. The number of amides is 1. The maximum atomic E-state index is 13.4. The highest BCUT2D eigenvalue weighted by molar-refractivity contribution is 7.92. The van der Waals surface area contributed by atoms with Gasteiger partial charge in [0.05, 0.1) is 10.6 Å². The largest absolute Gasteiger partial charge is 0.486 e. The van der Waals surface area contributed by atoms with Crippen molar-refractivity contribution in [1.29, 1.82) is 0 Å². The highest BCUT2D eigenvalue weighted by Crippen LogP contribution is 2.30. The first-order valence-corrected chi connectivity index (χ1v) is 12.6. The van der Waals surface area contributed by atoms with Crippen molar-refractivity contribution < 1.29 is 22.7 Å². The van der Waals surface area contributed by atoms with Gasteiger partial charge in [0.25, 0.3) is 10.0 Å². The second-order valence-electron chi connectivity index (χ2n) is 8.23. The van der Waals surface area contributed by atoms with Gasteiger partial charge in [-0.1, -0.05) is 41.5 Å². The molecule has 1 amide bonds. The fraction of sp³-hybridized carbons (Fsp3) is 0.269. The number of carbonyl (C=O) groups is 1. The zero-order chi connectivity index (χ0) is 24.1. The summed E-state index contributed by atoms with van der Waals surface area (Å²) >= 11 is 0. The van der Waals surface area contributed by atoms with Gasteiger partial charge in [-0.25, -0.2) is 8.42 Å². The zero-order valence-corrected chi connectivity index (χ0v) is 20.1. The Morgan fingerprint density at radius 3 is 2.18 bits per heavy atom. The van der Waals surface area contributed by atoms with Gasteiger partial charge in [0.1, 0.15) is 13.2 Å². The molecule has 8 heteroatoms. The molecule has 0 aliphatic carbocycles. The zero-order valence-electron chi connectivity index (χ0n) is 19.3. The van der Waals surface area contributed by atoms with Crippen LogP contribution >= 0.6 is 0 Å². The quantitative estimate of drug-likeness (QED) is 0.527. The predicted molar refractivity (Wildman–Crippen MR) is 131 cm³/mol. The first kappa shape index (κ1) is 23.6. The Morgan fingerprint density at radius 1 is 0.882 bits per heavy atom. The molecule has 3 aromatic rings. The number of rotatable bonds is 8. The van der Waals surface area contributed by atoms with E-state index in [4.69, 9.17) is 9.47 Å². The summed E-state index contributed by atoms with van der Waals surface area (Å²) in [5.74, 6) is 1.11. The number of hydrogen-bond acceptors (Lipinski definition) is 5. The van der Waals surface area contributed by atoms with E-state index in [0.717, 1.165) is 16.7 Å². The Kier molecular flexibility index (Phi) is 7.07. The number of aryl methyl sites for hydroxylation is 2. The van der Waals surface area contributed by atoms with Crippen molar-refractivity contribution >= 4 is 21.6 Å². The minimum Gasteiger partial charge on any atom is -0.486 e. The second kappa shape index (κ2) is 10.2. The van der Waals surface area contributed by atoms with Crippen LogP contribution in [0.15, 0.2) is 71.6 Å². The molecule has 0 fully saturated rings. The Bertz CT molecular complexity index is 1260. The number of carbonyl (C=O) groups excluding carboxylic acids is 1. The van der Waals surface area contributed by atoms with Gasteiger partial charge < -0.3 is 14.8 Å². The van der Waals surface area contributed by atoms with Gasteiger partial charge in [-0.2, -0.15) is 0 Å². The fourth-order valence-corrected chi connectivity index (χ4v) is 5.09. The molecule has 0 unspecified atom stereocenters. The van der Waals surface area contributed by atoms with Crippen LogP contribution in [0.3, 0.4) is 0 Å². The van der Waals surface area contributed by atoms with Gasteiger partial charge in [0.15, 0.2) is 11.5 Å². The van der Waals surface area contributed by atoms with Crippen LogP contribution in [-0.4, -0.2) is 34.1 Å². The lowest BCUT2D eigenvalue weighted by Crippen LogP contribution is -2.35. The van der Waals surface area contributed by atoms with Crippen LogP contribution in [0.2, 0.25) is 0 Å². The number of hydrogen-bond donors (Lipinski definition) is 1. The van der Waals surface area contributed by atoms with E-state index in [0.29, 0.717) is 36.9 Å². The SMILES string of the molecule is Cc1ccc(N(CCC(=O)NCc2ccc3c(c2)OCCO3)S(=O)(=O)c2ccc(C)cc2)cc1. The third kappa shape index (κ3) is 5.51. The standard InChI is InChI=1S/C26H28N2O5S/c1-19-3-8-22(9-4-19)28(34(30,31)23-10-5-20(2)6-11-23)14-13-26(29)27-18-21-7-12-24-25(17-21)33-16-15-32-24/h3-12,17H,13-16,18H2,1-2H3,(H,27,29). The molecule has 0 bridgehead atoms. The summed E-state index contributed by atoms with van der Waals surface area (Å²) in [4.78, 5) is 12.8. The predicted octanol–water partition coefficient (Wildman–Crippen LogP) is 3.98. The topological polar surface area (TPSA) is 84.9 Å². The van der Waals surface area contributed by atoms with E-state index in [9.17, 15) is 13.2 Å². The normalized spacial score (nSPS) is 12.8. The maximum Gasteiger partial charge on any atom is 0.264 e. The van der Waals surface area contributed by atoms with Crippen molar-refractivity contribution in [3.63, 3.8) is 0 Å². The molecule has 34 heavy (non-hydrogen) atoms. The molecule has 4 rings (SSSR count). The minimum absolute atomic E-state index is 0.0174. The van der Waals surface area contributed by atoms with Crippen LogP contribution in [0.1, 0.15) is 23.1 Å². The van der Waals surface area contributed by atoms with Crippen molar-refractivity contribution in [2.45, 2.75) is 31.7 Å².